The van der Waals surface area contributed by atoms with Crippen molar-refractivity contribution < 1.29 is 58.3 Å². The van der Waals surface area contributed by atoms with Crippen LogP contribution in [0, 0.1) is 0 Å². The zero-order chi connectivity index (χ0) is 18.5. The highest BCUT2D eigenvalue weighted by Crippen LogP contribution is 2.28. The highest BCUT2D eigenvalue weighted by atomic mass is 32.2. The zero-order valence-electron chi connectivity index (χ0n) is 11.7. The van der Waals surface area contributed by atoms with Crippen molar-refractivity contribution in [1.82, 2.24) is 0 Å². The molecule has 0 aliphatic carbocycles. The molecule has 0 saturated heterocycles. The molecule has 0 saturated carbocycles. The molecule has 1 N–H and O–H groups in total. The van der Waals surface area contributed by atoms with Gasteiger partial charge in [0.1, 0.15) is 11.9 Å². The highest BCUT2D eigenvalue weighted by Gasteiger charge is 2.47. The van der Waals surface area contributed by atoms with E-state index < -0.39 is 53.5 Å². The van der Waals surface area contributed by atoms with Gasteiger partial charge in [-0.05, 0) is 0 Å². The average Bonchev–Trinajstić information content (AvgIpc) is 2.40. The summed E-state index contributed by atoms with van der Waals surface area (Å²) in [5.41, 5.74) is 0. The first-order valence-corrected chi connectivity index (χ1v) is 7.22. The Hall–Kier alpha value is -0.670. The van der Waals surface area contributed by atoms with E-state index in [0.29, 0.717) is 14.2 Å². The van der Waals surface area contributed by atoms with E-state index in [1.165, 1.54) is 0 Å². The smallest absolute Gasteiger partial charge is 0.345 e. The average molecular weight is 380 g/mol. The maximum atomic E-state index is 13.1. The third-order valence-electron chi connectivity index (χ3n) is 2.12. The molecular formula is C9H14F6O7S. The fourth-order valence-corrected chi connectivity index (χ4v) is 1.80. The lowest BCUT2D eigenvalue weighted by atomic mass is 10.4. The maximum Gasteiger partial charge on any atom is 0.412 e. The van der Waals surface area contributed by atoms with Crippen molar-refractivity contribution in [3.8, 4) is 0 Å². The van der Waals surface area contributed by atoms with Gasteiger partial charge in [-0.1, -0.05) is 0 Å². The second kappa shape index (κ2) is 8.43. The van der Waals surface area contributed by atoms with Crippen molar-refractivity contribution in [2.75, 3.05) is 26.6 Å². The van der Waals surface area contributed by atoms with E-state index in [1.54, 1.807) is 0 Å². The van der Waals surface area contributed by atoms with Gasteiger partial charge in [-0.2, -0.15) is 26.0 Å². The minimum absolute atomic E-state index is 0.524. The van der Waals surface area contributed by atoms with Gasteiger partial charge in [0.2, 0.25) is 0 Å². The molecular weight excluding hydrogens is 366 g/mol. The quantitative estimate of drug-likeness (QED) is 0.427. The molecule has 0 fully saturated rings. The van der Waals surface area contributed by atoms with Crippen molar-refractivity contribution in [2.24, 2.45) is 0 Å². The Kier molecular flexibility index (Phi) is 8.19. The van der Waals surface area contributed by atoms with Crippen LogP contribution in [-0.2, 0) is 29.1 Å². The number of rotatable bonds is 11. The van der Waals surface area contributed by atoms with Crippen LogP contribution in [0.25, 0.3) is 0 Å². The van der Waals surface area contributed by atoms with Crippen LogP contribution < -0.4 is 0 Å². The first-order chi connectivity index (χ1) is 10.2. The summed E-state index contributed by atoms with van der Waals surface area (Å²) in [5.74, 6) is -1.65. The molecule has 0 bridgehead atoms. The fraction of sp³-hybridized carbons (Fsp3) is 1.00. The molecule has 23 heavy (non-hydrogen) atoms. The van der Waals surface area contributed by atoms with Gasteiger partial charge in [0.05, 0.1) is 6.61 Å². The Morgan fingerprint density at radius 1 is 1.00 bits per heavy atom. The highest BCUT2D eigenvalue weighted by molar-refractivity contribution is 7.85. The predicted octanol–water partition coefficient (Wildman–Crippen LogP) is 1.35. The molecule has 0 aromatic rings. The number of halogens is 6. The van der Waals surface area contributed by atoms with Gasteiger partial charge in [0.15, 0.2) is 0 Å². The first kappa shape index (κ1) is 22.3. The summed E-state index contributed by atoms with van der Waals surface area (Å²) in [6, 6.07) is 0. The van der Waals surface area contributed by atoms with E-state index in [0.717, 1.165) is 0 Å². The van der Waals surface area contributed by atoms with E-state index in [4.69, 9.17) is 4.55 Å². The number of hydrogen-bond donors (Lipinski definition) is 1. The topological polar surface area (TPSA) is 91.3 Å². The van der Waals surface area contributed by atoms with Crippen LogP contribution in [-0.4, -0.2) is 70.6 Å². The van der Waals surface area contributed by atoms with Crippen LogP contribution >= 0.6 is 0 Å². The van der Waals surface area contributed by atoms with Gasteiger partial charge < -0.3 is 18.9 Å². The van der Waals surface area contributed by atoms with E-state index >= 15 is 0 Å². The van der Waals surface area contributed by atoms with Crippen LogP contribution in [0.5, 0.6) is 0 Å². The molecule has 0 aliphatic rings. The summed E-state index contributed by atoms with van der Waals surface area (Å²) >= 11 is 0. The number of alkyl halides is 6. The second-order valence-corrected chi connectivity index (χ2v) is 5.52. The molecule has 0 amide bonds. The maximum absolute atomic E-state index is 13.1. The van der Waals surface area contributed by atoms with Crippen LogP contribution in [0.1, 0.15) is 0 Å². The van der Waals surface area contributed by atoms with Gasteiger partial charge in [-0.3, -0.25) is 4.55 Å². The van der Waals surface area contributed by atoms with Crippen molar-refractivity contribution in [2.45, 2.75) is 31.0 Å². The second-order valence-electron chi connectivity index (χ2n) is 4.03. The summed E-state index contributed by atoms with van der Waals surface area (Å²) in [6.07, 6.45) is -18.5. The molecule has 0 aliphatic heterocycles. The molecule has 3 unspecified atom stereocenters. The van der Waals surface area contributed by atoms with Gasteiger partial charge in [0, 0.05) is 14.2 Å². The minimum atomic E-state index is -4.99. The molecule has 0 rings (SSSR count). The van der Waals surface area contributed by atoms with Crippen molar-refractivity contribution >= 4 is 10.1 Å². The van der Waals surface area contributed by atoms with Gasteiger partial charge in [0.25, 0.3) is 22.8 Å². The van der Waals surface area contributed by atoms with Gasteiger partial charge in [-0.15, -0.1) is 0 Å². The lowest BCUT2D eigenvalue weighted by Crippen LogP contribution is -2.44. The standard InChI is InChI=1S/C9H14F6O7S/c1-19-6(10)8(12,13)21-3-5(4-23(16,17)18)22-9(14,15)7(11)20-2/h5-7H,3-4H2,1-2H3,(H,16,17,18). The zero-order valence-corrected chi connectivity index (χ0v) is 12.5. The van der Waals surface area contributed by atoms with E-state index in [1.807, 2.05) is 0 Å². The van der Waals surface area contributed by atoms with Gasteiger partial charge in [-0.25, -0.2) is 8.78 Å². The molecule has 7 nitrogen and oxygen atoms in total. The summed E-state index contributed by atoms with van der Waals surface area (Å²) in [6.45, 7) is -1.64. The predicted molar refractivity (Wildman–Crippen MR) is 60.9 cm³/mol. The van der Waals surface area contributed by atoms with Crippen LogP contribution in [0.2, 0.25) is 0 Å². The fourth-order valence-electron chi connectivity index (χ4n) is 1.17. The largest absolute Gasteiger partial charge is 0.412 e. The molecule has 0 aromatic heterocycles. The van der Waals surface area contributed by atoms with Crippen molar-refractivity contribution in [1.29, 1.82) is 0 Å². The third kappa shape index (κ3) is 8.12. The normalized spacial score (nSPS) is 17.8. The summed E-state index contributed by atoms with van der Waals surface area (Å²) in [4.78, 5) is 0. The Morgan fingerprint density at radius 3 is 1.83 bits per heavy atom. The minimum Gasteiger partial charge on any atom is -0.345 e. The monoisotopic (exact) mass is 380 g/mol. The summed E-state index contributed by atoms with van der Waals surface area (Å²) in [7, 11) is -3.92. The molecule has 0 heterocycles. The number of methoxy groups -OCH3 is 2. The van der Waals surface area contributed by atoms with Gasteiger partial charge >= 0.3 is 12.2 Å². The SMILES string of the molecule is COC(F)C(F)(F)OCC(CS(=O)(=O)O)OC(F)(F)C(F)OC. The molecule has 0 spiro atoms. The van der Waals surface area contributed by atoms with Crippen molar-refractivity contribution in [3.05, 3.63) is 0 Å². The number of ether oxygens (including phenoxy) is 4. The van der Waals surface area contributed by atoms with Crippen molar-refractivity contribution in [3.63, 3.8) is 0 Å². The molecule has 0 radical (unpaired) electrons. The van der Waals surface area contributed by atoms with E-state index in [-0.39, 0.29) is 0 Å². The molecule has 140 valence electrons. The lowest BCUT2D eigenvalue weighted by molar-refractivity contribution is -0.362. The molecule has 14 heteroatoms. The van der Waals surface area contributed by atoms with Crippen LogP contribution in [0.4, 0.5) is 26.3 Å². The third-order valence-corrected chi connectivity index (χ3v) is 2.92. The summed E-state index contributed by atoms with van der Waals surface area (Å²) in [5, 5.41) is 0. The van der Waals surface area contributed by atoms with Crippen LogP contribution in [0.15, 0.2) is 0 Å². The Balaban J connectivity index is 5.04. The molecule has 0 aromatic carbocycles. The Morgan fingerprint density at radius 2 is 1.43 bits per heavy atom. The summed E-state index contributed by atoms with van der Waals surface area (Å²) < 4.78 is 122. The molecule has 3 atom stereocenters. The number of hydrogen-bond acceptors (Lipinski definition) is 6. The lowest BCUT2D eigenvalue weighted by Gasteiger charge is -2.27. The van der Waals surface area contributed by atoms with E-state index in [9.17, 15) is 34.8 Å². The van der Waals surface area contributed by atoms with Crippen LogP contribution in [0.3, 0.4) is 0 Å². The van der Waals surface area contributed by atoms with E-state index in [2.05, 4.69) is 18.9 Å². The Bertz CT molecular complexity index is 459. The Labute approximate surface area is 127 Å². The first-order valence-electron chi connectivity index (χ1n) is 5.61.